The Labute approximate surface area is 123 Å². The zero-order valence-corrected chi connectivity index (χ0v) is 13.6. The average molecular weight is 328 g/mol. The Hall–Kier alpha value is -0.870. The molecule has 19 heavy (non-hydrogen) atoms. The van der Waals surface area contributed by atoms with Crippen molar-refractivity contribution in [3.05, 3.63) is 33.8 Å². The van der Waals surface area contributed by atoms with E-state index in [1.165, 1.54) is 11.1 Å². The first-order valence-corrected chi connectivity index (χ1v) is 7.18. The fraction of sp³-hybridized carbons (Fsp3) is 0.533. The quantitative estimate of drug-likeness (QED) is 0.871. The van der Waals surface area contributed by atoms with Crippen molar-refractivity contribution in [3.63, 3.8) is 0 Å². The second-order valence-electron chi connectivity index (χ2n) is 5.75. The highest BCUT2D eigenvalue weighted by molar-refractivity contribution is 9.10. The van der Waals surface area contributed by atoms with Gasteiger partial charge < -0.3 is 10.0 Å². The number of nitrogens with zero attached hydrogens (tertiary/aromatic N) is 1. The van der Waals surface area contributed by atoms with Crippen LogP contribution in [0.1, 0.15) is 25.0 Å². The van der Waals surface area contributed by atoms with Crippen LogP contribution in [0.2, 0.25) is 0 Å². The molecule has 0 fully saturated rings. The molecule has 0 aliphatic carbocycles. The molecule has 0 radical (unpaired) electrons. The van der Waals surface area contributed by atoms with Gasteiger partial charge in [-0.15, -0.1) is 0 Å². The minimum atomic E-state index is -0.752. The Bertz CT molecular complexity index is 457. The van der Waals surface area contributed by atoms with E-state index in [9.17, 15) is 4.79 Å². The van der Waals surface area contributed by atoms with Crippen LogP contribution in [0.15, 0.2) is 22.7 Å². The summed E-state index contributed by atoms with van der Waals surface area (Å²) < 4.78 is 1.08. The molecule has 1 aromatic carbocycles. The molecule has 0 unspecified atom stereocenters. The number of carbonyl (C=O) groups is 1. The molecule has 1 rings (SSSR count). The normalized spacial score (nSPS) is 11.9. The zero-order chi connectivity index (χ0) is 14.6. The third-order valence-electron chi connectivity index (χ3n) is 3.32. The first-order chi connectivity index (χ1) is 8.72. The number of carboxylic acid groups (broad SMARTS) is 1. The number of carboxylic acids is 1. The fourth-order valence-electron chi connectivity index (χ4n) is 2.04. The SMILES string of the molecule is Cc1ccc(Br)cc1CCN(C)CC(C)(C)C(=O)O. The van der Waals surface area contributed by atoms with Gasteiger partial charge in [0.15, 0.2) is 0 Å². The van der Waals surface area contributed by atoms with Crippen LogP contribution < -0.4 is 0 Å². The molecular formula is C15H22BrNO2. The molecule has 0 atom stereocenters. The van der Waals surface area contributed by atoms with Gasteiger partial charge in [-0.25, -0.2) is 0 Å². The Kier molecular flexibility index (Phi) is 5.56. The Morgan fingerprint density at radius 2 is 2.05 bits per heavy atom. The summed E-state index contributed by atoms with van der Waals surface area (Å²) in [5, 5.41) is 9.12. The van der Waals surface area contributed by atoms with Crippen molar-refractivity contribution in [2.75, 3.05) is 20.1 Å². The van der Waals surface area contributed by atoms with Crippen LogP contribution in [-0.2, 0) is 11.2 Å². The molecule has 3 nitrogen and oxygen atoms in total. The van der Waals surface area contributed by atoms with Gasteiger partial charge in [0.1, 0.15) is 0 Å². The van der Waals surface area contributed by atoms with Gasteiger partial charge in [0.25, 0.3) is 0 Å². The van der Waals surface area contributed by atoms with Gasteiger partial charge in [0.2, 0.25) is 0 Å². The monoisotopic (exact) mass is 327 g/mol. The lowest BCUT2D eigenvalue weighted by atomic mass is 9.93. The van der Waals surface area contributed by atoms with Crippen molar-refractivity contribution in [2.45, 2.75) is 27.2 Å². The van der Waals surface area contributed by atoms with Crippen molar-refractivity contribution >= 4 is 21.9 Å². The summed E-state index contributed by atoms with van der Waals surface area (Å²) in [6.07, 6.45) is 0.928. The van der Waals surface area contributed by atoms with Crippen molar-refractivity contribution in [1.82, 2.24) is 4.90 Å². The second-order valence-corrected chi connectivity index (χ2v) is 6.66. The maximum Gasteiger partial charge on any atom is 0.310 e. The lowest BCUT2D eigenvalue weighted by molar-refractivity contribution is -0.147. The van der Waals surface area contributed by atoms with E-state index in [-0.39, 0.29) is 0 Å². The van der Waals surface area contributed by atoms with Gasteiger partial charge in [-0.05, 0) is 57.5 Å². The standard InChI is InChI=1S/C15H22BrNO2/c1-11-5-6-13(16)9-12(11)7-8-17(4)10-15(2,3)14(18)19/h5-6,9H,7-8,10H2,1-4H3,(H,18,19). The van der Waals surface area contributed by atoms with Crippen LogP contribution in [0.25, 0.3) is 0 Å². The molecule has 4 heteroatoms. The summed E-state index contributed by atoms with van der Waals surface area (Å²) in [5.74, 6) is -0.752. The van der Waals surface area contributed by atoms with Crippen molar-refractivity contribution < 1.29 is 9.90 Å². The van der Waals surface area contributed by atoms with E-state index in [0.29, 0.717) is 6.54 Å². The van der Waals surface area contributed by atoms with Gasteiger partial charge in [-0.3, -0.25) is 4.79 Å². The first-order valence-electron chi connectivity index (χ1n) is 6.39. The highest BCUT2D eigenvalue weighted by Crippen LogP contribution is 2.19. The summed E-state index contributed by atoms with van der Waals surface area (Å²) in [5.41, 5.74) is 1.87. The molecule has 0 amide bonds. The van der Waals surface area contributed by atoms with E-state index in [1.807, 2.05) is 13.1 Å². The van der Waals surface area contributed by atoms with Crippen molar-refractivity contribution in [2.24, 2.45) is 5.41 Å². The van der Waals surface area contributed by atoms with E-state index in [1.54, 1.807) is 13.8 Å². The molecule has 0 saturated carbocycles. The van der Waals surface area contributed by atoms with Gasteiger partial charge in [0, 0.05) is 17.6 Å². The summed E-state index contributed by atoms with van der Waals surface area (Å²) >= 11 is 3.48. The Balaban J connectivity index is 2.57. The minimum Gasteiger partial charge on any atom is -0.481 e. The molecule has 1 N–H and O–H groups in total. The molecule has 0 aromatic heterocycles. The van der Waals surface area contributed by atoms with E-state index >= 15 is 0 Å². The lowest BCUT2D eigenvalue weighted by Crippen LogP contribution is -2.38. The van der Waals surface area contributed by atoms with Crippen molar-refractivity contribution in [3.8, 4) is 0 Å². The molecule has 0 saturated heterocycles. The third-order valence-corrected chi connectivity index (χ3v) is 3.81. The van der Waals surface area contributed by atoms with Gasteiger partial charge >= 0.3 is 5.97 Å². The number of aryl methyl sites for hydroxylation is 1. The van der Waals surface area contributed by atoms with E-state index < -0.39 is 11.4 Å². The van der Waals surface area contributed by atoms with Crippen molar-refractivity contribution in [1.29, 1.82) is 0 Å². The highest BCUT2D eigenvalue weighted by Gasteiger charge is 2.28. The first kappa shape index (κ1) is 16.2. The van der Waals surface area contributed by atoms with Crippen LogP contribution in [0.3, 0.4) is 0 Å². The van der Waals surface area contributed by atoms with Crippen LogP contribution in [0.5, 0.6) is 0 Å². The molecule has 0 aliphatic rings. The highest BCUT2D eigenvalue weighted by atomic mass is 79.9. The van der Waals surface area contributed by atoms with Gasteiger partial charge in [0.05, 0.1) is 5.41 Å². The number of halogens is 1. The summed E-state index contributed by atoms with van der Waals surface area (Å²) in [4.78, 5) is 13.2. The van der Waals surface area contributed by atoms with E-state index in [0.717, 1.165) is 17.4 Å². The van der Waals surface area contributed by atoms with Gasteiger partial charge in [-0.1, -0.05) is 22.0 Å². The molecule has 106 valence electrons. The summed E-state index contributed by atoms with van der Waals surface area (Å²) in [6.45, 7) is 7.03. The molecule has 0 heterocycles. The maximum absolute atomic E-state index is 11.1. The largest absolute Gasteiger partial charge is 0.481 e. The zero-order valence-electron chi connectivity index (χ0n) is 12.0. The molecule has 1 aromatic rings. The summed E-state index contributed by atoms with van der Waals surface area (Å²) in [6, 6.07) is 6.27. The minimum absolute atomic E-state index is 0.551. The maximum atomic E-state index is 11.1. The lowest BCUT2D eigenvalue weighted by Gasteiger charge is -2.26. The predicted octanol–water partition coefficient (Wildman–Crippen LogP) is 3.34. The molecule has 0 spiro atoms. The van der Waals surface area contributed by atoms with Crippen LogP contribution in [0.4, 0.5) is 0 Å². The summed E-state index contributed by atoms with van der Waals surface area (Å²) in [7, 11) is 1.97. The fourth-order valence-corrected chi connectivity index (χ4v) is 2.45. The number of likely N-dealkylation sites (N-methyl/N-ethyl adjacent to an activating group) is 1. The smallest absolute Gasteiger partial charge is 0.310 e. The number of benzene rings is 1. The van der Waals surface area contributed by atoms with E-state index in [4.69, 9.17) is 5.11 Å². The number of aliphatic carboxylic acids is 1. The second kappa shape index (κ2) is 6.53. The third kappa shape index (κ3) is 4.96. The van der Waals surface area contributed by atoms with Crippen LogP contribution in [0, 0.1) is 12.3 Å². The topological polar surface area (TPSA) is 40.5 Å². The van der Waals surface area contributed by atoms with E-state index in [2.05, 4.69) is 39.9 Å². The Morgan fingerprint density at radius 3 is 2.63 bits per heavy atom. The number of hydrogen-bond acceptors (Lipinski definition) is 2. The van der Waals surface area contributed by atoms with Gasteiger partial charge in [-0.2, -0.15) is 0 Å². The molecular weight excluding hydrogens is 306 g/mol. The number of rotatable bonds is 6. The van der Waals surface area contributed by atoms with Crippen LogP contribution >= 0.6 is 15.9 Å². The average Bonchev–Trinajstić information content (AvgIpc) is 2.29. The van der Waals surface area contributed by atoms with Crippen LogP contribution in [-0.4, -0.2) is 36.1 Å². The number of hydrogen-bond donors (Lipinski definition) is 1. The Morgan fingerprint density at radius 1 is 1.42 bits per heavy atom. The predicted molar refractivity (Wildman–Crippen MR) is 81.5 cm³/mol. The molecule has 0 aliphatic heterocycles. The molecule has 0 bridgehead atoms.